The van der Waals surface area contributed by atoms with Crippen LogP contribution in [0, 0.1) is 0 Å². The van der Waals surface area contributed by atoms with Gasteiger partial charge in [0, 0.05) is 12.6 Å². The molecule has 3 atom stereocenters. The molecule has 0 radical (unpaired) electrons. The largest absolute Gasteiger partial charge is 0.474 e. The molecule has 14 heteroatoms. The Labute approximate surface area is 362 Å². The summed E-state index contributed by atoms with van der Waals surface area (Å²) in [5.41, 5.74) is 4.57. The third-order valence-electron chi connectivity index (χ3n) is 11.3. The average molecular weight is 876 g/mol. The minimum Gasteiger partial charge on any atom is -0.453 e. The molecule has 11 nitrogen and oxygen atoms in total. The van der Waals surface area contributed by atoms with Crippen LogP contribution in [0.15, 0.2) is 17.1 Å². The molecule has 2 N–H and O–H groups in total. The maximum atomic E-state index is 16.2. The van der Waals surface area contributed by atoms with Crippen molar-refractivity contribution in [2.24, 2.45) is 0 Å². The first-order chi connectivity index (χ1) is 29.1. The van der Waals surface area contributed by atoms with Crippen LogP contribution < -0.4 is 11.4 Å². The summed E-state index contributed by atoms with van der Waals surface area (Å²) >= 11 is 0. The summed E-state index contributed by atoms with van der Waals surface area (Å²) < 4.78 is 75.5. The van der Waals surface area contributed by atoms with E-state index in [4.69, 9.17) is 28.8 Å². The van der Waals surface area contributed by atoms with Gasteiger partial charge in [0.15, 0.2) is 6.10 Å². The Hall–Kier alpha value is -1.92. The zero-order valence-electron chi connectivity index (χ0n) is 37.9. The Morgan fingerprint density at radius 2 is 1.08 bits per heavy atom. The highest BCUT2D eigenvalue weighted by atomic mass is 31.2. The van der Waals surface area contributed by atoms with Crippen molar-refractivity contribution in [3.8, 4) is 0 Å². The number of phosphoric ester groups is 1. The zero-order chi connectivity index (χ0) is 43.7. The maximum Gasteiger partial charge on any atom is 0.474 e. The second-order valence-electron chi connectivity index (χ2n) is 16.9. The summed E-state index contributed by atoms with van der Waals surface area (Å²) in [6.07, 6.45) is 27.9. The van der Waals surface area contributed by atoms with E-state index in [1.165, 1.54) is 115 Å². The fraction of sp³-hybridized carbons (Fsp3) is 0.891. The van der Waals surface area contributed by atoms with Gasteiger partial charge in [-0.25, -0.2) is 9.36 Å². The fourth-order valence-electron chi connectivity index (χ4n) is 7.62. The van der Waals surface area contributed by atoms with E-state index >= 15 is 8.78 Å². The predicted octanol–water partition coefficient (Wildman–Crippen LogP) is 13.6. The van der Waals surface area contributed by atoms with Gasteiger partial charge in [0.2, 0.25) is 6.23 Å². The number of hydrogen-bond acceptors (Lipinski definition) is 10. The van der Waals surface area contributed by atoms with Crippen LogP contribution in [-0.4, -0.2) is 53.5 Å². The third-order valence-corrected chi connectivity index (χ3v) is 12.8. The number of rotatable bonds is 40. The SMILES string of the molecule is CCCCCCCCCCCCOP(=O)(OCCCCCCCCCCCC)OC[C@H]1O[C@@H](n2ccc(N)nc2=O)C(F)(F)[C@@H]1OC(=O)CCCCCCCCCCCC. The van der Waals surface area contributed by atoms with Crippen molar-refractivity contribution in [3.63, 3.8) is 0 Å². The number of alkyl halides is 2. The molecule has 0 aromatic carbocycles. The van der Waals surface area contributed by atoms with E-state index in [1.807, 2.05) is 0 Å². The summed E-state index contributed by atoms with van der Waals surface area (Å²) in [6.45, 7) is 6.15. The molecular weight excluding hydrogens is 791 g/mol. The highest BCUT2D eigenvalue weighted by molar-refractivity contribution is 7.48. The van der Waals surface area contributed by atoms with E-state index in [1.54, 1.807) is 0 Å². The van der Waals surface area contributed by atoms with Crippen molar-refractivity contribution in [3.05, 3.63) is 22.7 Å². The Bertz CT molecular complexity index is 1310. The second kappa shape index (κ2) is 33.6. The number of unbranched alkanes of at least 4 members (excludes halogenated alkanes) is 27. The number of aromatic nitrogens is 2. The van der Waals surface area contributed by atoms with Crippen molar-refractivity contribution in [1.82, 2.24) is 9.55 Å². The summed E-state index contributed by atoms with van der Waals surface area (Å²) in [5.74, 6) is -4.83. The van der Waals surface area contributed by atoms with Crippen LogP contribution in [0.1, 0.15) is 226 Å². The maximum absolute atomic E-state index is 16.2. The summed E-state index contributed by atoms with van der Waals surface area (Å²) in [7, 11) is -4.24. The minimum absolute atomic E-state index is 0.0485. The molecule has 350 valence electrons. The molecule has 2 heterocycles. The van der Waals surface area contributed by atoms with Gasteiger partial charge in [0.05, 0.1) is 19.8 Å². The first-order valence-corrected chi connectivity index (χ1v) is 25.6. The lowest BCUT2D eigenvalue weighted by Crippen LogP contribution is -2.44. The Balaban J connectivity index is 2.03. The van der Waals surface area contributed by atoms with E-state index in [0.29, 0.717) is 23.8 Å². The smallest absolute Gasteiger partial charge is 0.453 e. The lowest BCUT2D eigenvalue weighted by Gasteiger charge is -2.25. The molecule has 60 heavy (non-hydrogen) atoms. The number of hydrogen-bond donors (Lipinski definition) is 1. The molecule has 1 aliphatic rings. The van der Waals surface area contributed by atoms with Gasteiger partial charge in [0.25, 0.3) is 0 Å². The standard InChI is InChI=1S/C46H84F2N3O8P/c1-4-7-10-13-16-19-22-25-28-31-34-42(52)59-43-40(58-44(46(43,47)48)51-36-35-41(49)50-45(51)53)39-57-60(54,55-37-32-29-26-23-20-17-14-11-8-5-2)56-38-33-30-27-24-21-18-15-12-9-6-3/h35-36,40,43-44H,4-34,37-39H2,1-3H3,(H2,49,50,53)/t40-,43-,44-/m1/s1. The first kappa shape index (κ1) is 54.2. The molecule has 2 rings (SSSR count). The number of esters is 1. The minimum atomic E-state index is -4.24. The summed E-state index contributed by atoms with van der Waals surface area (Å²) in [5, 5.41) is 0. The lowest BCUT2D eigenvalue weighted by atomic mass is 10.1. The van der Waals surface area contributed by atoms with Gasteiger partial charge >= 0.3 is 25.4 Å². The number of phosphoric acid groups is 1. The van der Waals surface area contributed by atoms with E-state index in [-0.39, 0.29) is 25.5 Å². The third kappa shape index (κ3) is 23.5. The molecule has 0 bridgehead atoms. The normalized spacial score (nSPS) is 17.7. The monoisotopic (exact) mass is 876 g/mol. The van der Waals surface area contributed by atoms with Gasteiger partial charge in [-0.05, 0) is 25.3 Å². The molecule has 1 saturated heterocycles. The van der Waals surface area contributed by atoms with E-state index in [0.717, 1.165) is 70.4 Å². The molecule has 0 amide bonds. The summed E-state index contributed by atoms with van der Waals surface area (Å²) in [6, 6.07) is 1.20. The molecule has 1 aliphatic heterocycles. The lowest BCUT2D eigenvalue weighted by molar-refractivity contribution is -0.176. The highest BCUT2D eigenvalue weighted by Crippen LogP contribution is 2.52. The van der Waals surface area contributed by atoms with Crippen LogP contribution in [0.5, 0.6) is 0 Å². The summed E-state index contributed by atoms with van der Waals surface area (Å²) in [4.78, 5) is 29.3. The Kier molecular flexibility index (Phi) is 30.4. The van der Waals surface area contributed by atoms with Gasteiger partial charge in [-0.1, -0.05) is 194 Å². The molecule has 1 aromatic rings. The quantitative estimate of drug-likeness (QED) is 0.0385. The second-order valence-corrected chi connectivity index (χ2v) is 18.5. The Morgan fingerprint density at radius 3 is 1.50 bits per heavy atom. The van der Waals surface area contributed by atoms with Crippen molar-refractivity contribution in [2.75, 3.05) is 25.6 Å². The highest BCUT2D eigenvalue weighted by Gasteiger charge is 2.63. The van der Waals surface area contributed by atoms with Crippen molar-refractivity contribution >= 4 is 19.6 Å². The number of anilines is 1. The van der Waals surface area contributed by atoms with Gasteiger partial charge < -0.3 is 15.2 Å². The number of nitrogen functional groups attached to an aromatic ring is 1. The molecule has 1 fully saturated rings. The number of carbonyl (C=O) groups is 1. The van der Waals surface area contributed by atoms with Crippen LogP contribution >= 0.6 is 7.82 Å². The van der Waals surface area contributed by atoms with Crippen LogP contribution in [0.3, 0.4) is 0 Å². The first-order valence-electron chi connectivity index (χ1n) is 24.2. The van der Waals surface area contributed by atoms with Gasteiger partial charge in [-0.2, -0.15) is 13.8 Å². The van der Waals surface area contributed by atoms with E-state index in [2.05, 4.69) is 25.8 Å². The predicted molar refractivity (Wildman–Crippen MR) is 237 cm³/mol. The number of ether oxygens (including phenoxy) is 2. The van der Waals surface area contributed by atoms with Crippen molar-refractivity contribution in [1.29, 1.82) is 0 Å². The van der Waals surface area contributed by atoms with Crippen LogP contribution in [0.25, 0.3) is 0 Å². The molecule has 0 unspecified atom stereocenters. The zero-order valence-corrected chi connectivity index (χ0v) is 38.8. The fourth-order valence-corrected chi connectivity index (χ4v) is 8.88. The average Bonchev–Trinajstić information content (AvgIpc) is 3.46. The number of nitrogens with two attached hydrogens (primary N) is 1. The van der Waals surface area contributed by atoms with Gasteiger partial charge in [-0.15, -0.1) is 0 Å². The van der Waals surface area contributed by atoms with Crippen molar-refractivity contribution in [2.45, 2.75) is 244 Å². The number of carbonyl (C=O) groups excluding carboxylic acids is 1. The molecule has 0 saturated carbocycles. The van der Waals surface area contributed by atoms with E-state index < -0.39 is 50.4 Å². The molecule has 0 aliphatic carbocycles. The van der Waals surface area contributed by atoms with Crippen LogP contribution in [0.4, 0.5) is 14.6 Å². The molecule has 1 aromatic heterocycles. The Morgan fingerprint density at radius 1 is 0.683 bits per heavy atom. The van der Waals surface area contributed by atoms with Gasteiger partial charge in [0.1, 0.15) is 11.9 Å². The van der Waals surface area contributed by atoms with Crippen molar-refractivity contribution < 1.29 is 41.2 Å². The van der Waals surface area contributed by atoms with Crippen LogP contribution in [-0.2, 0) is 32.4 Å². The molecular formula is C46H84F2N3O8P. The number of halogens is 2. The van der Waals surface area contributed by atoms with Gasteiger partial charge in [-0.3, -0.25) is 22.9 Å². The van der Waals surface area contributed by atoms with Crippen LogP contribution in [0.2, 0.25) is 0 Å². The topological polar surface area (TPSA) is 141 Å². The van der Waals surface area contributed by atoms with E-state index in [9.17, 15) is 14.2 Å². The number of nitrogens with zero attached hydrogens (tertiary/aromatic N) is 2. The molecule has 0 spiro atoms.